The van der Waals surface area contributed by atoms with Crippen LogP contribution in [0.5, 0.6) is 0 Å². The predicted molar refractivity (Wildman–Crippen MR) is 44.2 cm³/mol. The smallest absolute Gasteiger partial charge is 0.211 e. The van der Waals surface area contributed by atoms with Gasteiger partial charge in [0.05, 0.1) is 5.54 Å². The molecule has 0 aromatic heterocycles. The Bertz CT molecular complexity index is 176. The topological polar surface area (TPSA) is 29.4 Å². The van der Waals surface area contributed by atoms with Crippen LogP contribution in [0.25, 0.3) is 0 Å². The summed E-state index contributed by atoms with van der Waals surface area (Å²) in [7, 11) is 0. The van der Waals surface area contributed by atoms with E-state index in [-0.39, 0.29) is 5.54 Å². The van der Waals surface area contributed by atoms with Gasteiger partial charge in [0, 0.05) is 0 Å². The molecule has 1 aliphatic rings. The first-order valence-electron chi connectivity index (χ1n) is 4.27. The fourth-order valence-corrected chi connectivity index (χ4v) is 1.80. The Hall–Kier alpha value is -0.620. The van der Waals surface area contributed by atoms with Crippen molar-refractivity contribution in [3.63, 3.8) is 0 Å². The zero-order valence-corrected chi connectivity index (χ0v) is 7.26. The van der Waals surface area contributed by atoms with Crippen LogP contribution in [0.3, 0.4) is 0 Å². The molecule has 0 unspecified atom stereocenters. The highest BCUT2D eigenvalue weighted by Crippen LogP contribution is 2.40. The molecule has 0 saturated heterocycles. The summed E-state index contributed by atoms with van der Waals surface area (Å²) in [6.45, 7) is 4.33. The molecule has 0 N–H and O–H groups in total. The lowest BCUT2D eigenvalue weighted by Gasteiger charge is -2.37. The van der Waals surface area contributed by atoms with Crippen molar-refractivity contribution in [1.29, 1.82) is 0 Å². The van der Waals surface area contributed by atoms with E-state index in [1.54, 1.807) is 6.08 Å². The zero-order valence-electron chi connectivity index (χ0n) is 7.26. The molecule has 11 heavy (non-hydrogen) atoms. The van der Waals surface area contributed by atoms with Gasteiger partial charge < -0.3 is 0 Å². The van der Waals surface area contributed by atoms with E-state index in [2.05, 4.69) is 18.8 Å². The summed E-state index contributed by atoms with van der Waals surface area (Å²) in [5, 5.41) is 0. The van der Waals surface area contributed by atoms with Gasteiger partial charge in [-0.05, 0) is 31.6 Å². The number of isocyanates is 1. The molecule has 1 saturated carbocycles. The summed E-state index contributed by atoms with van der Waals surface area (Å²) < 4.78 is 0. The summed E-state index contributed by atoms with van der Waals surface area (Å²) in [6, 6.07) is 0. The van der Waals surface area contributed by atoms with E-state index in [0.29, 0.717) is 5.92 Å². The standard InChI is InChI=1S/C9H15NO/c1-8(2)6-9(10-7-11)4-3-5-9/h8H,3-6H2,1-2H3. The molecule has 0 atom stereocenters. The molecule has 62 valence electrons. The lowest BCUT2D eigenvalue weighted by Crippen LogP contribution is -2.36. The monoisotopic (exact) mass is 153 g/mol. The molecule has 0 aromatic carbocycles. The van der Waals surface area contributed by atoms with E-state index in [9.17, 15) is 4.79 Å². The van der Waals surface area contributed by atoms with Crippen LogP contribution >= 0.6 is 0 Å². The van der Waals surface area contributed by atoms with Crippen LogP contribution in [0, 0.1) is 5.92 Å². The quantitative estimate of drug-likeness (QED) is 0.452. The summed E-state index contributed by atoms with van der Waals surface area (Å²) in [5.41, 5.74) is -0.00405. The Balaban J connectivity index is 2.53. The zero-order chi connectivity index (χ0) is 8.32. The van der Waals surface area contributed by atoms with E-state index in [1.165, 1.54) is 6.42 Å². The number of hydrogen-bond donors (Lipinski definition) is 0. The second-order valence-corrected chi connectivity index (χ2v) is 3.88. The molecule has 0 aliphatic heterocycles. The minimum atomic E-state index is -0.00405. The van der Waals surface area contributed by atoms with Gasteiger partial charge in [-0.15, -0.1) is 0 Å². The average molecular weight is 153 g/mol. The van der Waals surface area contributed by atoms with Crippen molar-refractivity contribution in [3.05, 3.63) is 0 Å². The van der Waals surface area contributed by atoms with Gasteiger partial charge in [0.2, 0.25) is 6.08 Å². The Kier molecular flexibility index (Phi) is 2.45. The van der Waals surface area contributed by atoms with E-state index in [1.807, 2.05) is 0 Å². The minimum absolute atomic E-state index is 0.00405. The van der Waals surface area contributed by atoms with Gasteiger partial charge in [-0.3, -0.25) is 0 Å². The number of hydrogen-bond acceptors (Lipinski definition) is 2. The molecule has 0 bridgehead atoms. The molecule has 2 heteroatoms. The predicted octanol–water partition coefficient (Wildman–Crippen LogP) is 2.29. The third-order valence-electron chi connectivity index (χ3n) is 2.36. The molecule has 1 fully saturated rings. The van der Waals surface area contributed by atoms with Crippen LogP contribution in [0.1, 0.15) is 39.5 Å². The fourth-order valence-electron chi connectivity index (χ4n) is 1.80. The highest BCUT2D eigenvalue weighted by atomic mass is 16.1. The van der Waals surface area contributed by atoms with E-state index < -0.39 is 0 Å². The first kappa shape index (κ1) is 8.48. The first-order valence-corrected chi connectivity index (χ1v) is 4.27. The molecule has 1 aliphatic carbocycles. The Morgan fingerprint density at radius 1 is 1.55 bits per heavy atom. The molecule has 0 radical (unpaired) electrons. The summed E-state index contributed by atoms with van der Waals surface area (Å²) in [6.07, 6.45) is 6.12. The molecule has 2 nitrogen and oxygen atoms in total. The lowest BCUT2D eigenvalue weighted by atomic mass is 9.72. The normalized spacial score (nSPS) is 20.6. The van der Waals surface area contributed by atoms with Gasteiger partial charge in [-0.2, -0.15) is 4.99 Å². The Morgan fingerprint density at radius 2 is 2.18 bits per heavy atom. The number of aliphatic imine (C=N–C) groups is 1. The Morgan fingerprint density at radius 3 is 2.45 bits per heavy atom. The van der Waals surface area contributed by atoms with Crippen LogP contribution in [-0.4, -0.2) is 11.6 Å². The first-order chi connectivity index (χ1) is 5.18. The summed E-state index contributed by atoms with van der Waals surface area (Å²) in [5.74, 6) is 0.632. The fraction of sp³-hybridized carbons (Fsp3) is 0.889. The van der Waals surface area contributed by atoms with E-state index in [0.717, 1.165) is 19.3 Å². The molecule has 0 heterocycles. The summed E-state index contributed by atoms with van der Waals surface area (Å²) in [4.78, 5) is 14.0. The number of rotatable bonds is 3. The SMILES string of the molecule is CC(C)CC1(N=C=O)CCC1. The highest BCUT2D eigenvalue weighted by molar-refractivity contribution is 5.35. The van der Waals surface area contributed by atoms with E-state index >= 15 is 0 Å². The molecular weight excluding hydrogens is 138 g/mol. The summed E-state index contributed by atoms with van der Waals surface area (Å²) >= 11 is 0. The molecule has 0 amide bonds. The van der Waals surface area contributed by atoms with Crippen LogP contribution < -0.4 is 0 Å². The molecule has 1 rings (SSSR count). The highest BCUT2D eigenvalue weighted by Gasteiger charge is 2.37. The number of carbonyl (C=O) groups excluding carboxylic acids is 1. The largest absolute Gasteiger partial charge is 0.235 e. The van der Waals surface area contributed by atoms with Crippen molar-refractivity contribution in [2.75, 3.05) is 0 Å². The maximum atomic E-state index is 10.1. The van der Waals surface area contributed by atoms with Gasteiger partial charge in [-0.25, -0.2) is 4.79 Å². The van der Waals surface area contributed by atoms with Crippen molar-refractivity contribution in [2.24, 2.45) is 10.9 Å². The van der Waals surface area contributed by atoms with Gasteiger partial charge in [0.1, 0.15) is 0 Å². The van der Waals surface area contributed by atoms with E-state index in [4.69, 9.17) is 0 Å². The Labute approximate surface area is 67.7 Å². The van der Waals surface area contributed by atoms with Gasteiger partial charge in [0.25, 0.3) is 0 Å². The van der Waals surface area contributed by atoms with Crippen LogP contribution in [0.2, 0.25) is 0 Å². The van der Waals surface area contributed by atoms with Gasteiger partial charge >= 0.3 is 0 Å². The van der Waals surface area contributed by atoms with Crippen molar-refractivity contribution >= 4 is 6.08 Å². The minimum Gasteiger partial charge on any atom is -0.211 e. The van der Waals surface area contributed by atoms with Crippen LogP contribution in [-0.2, 0) is 4.79 Å². The third kappa shape index (κ3) is 1.90. The van der Waals surface area contributed by atoms with Crippen molar-refractivity contribution in [2.45, 2.75) is 45.1 Å². The second kappa shape index (κ2) is 3.19. The average Bonchev–Trinajstić information content (AvgIpc) is 1.82. The molecular formula is C9H15NO. The maximum absolute atomic E-state index is 10.1. The van der Waals surface area contributed by atoms with Gasteiger partial charge in [-0.1, -0.05) is 13.8 Å². The van der Waals surface area contributed by atoms with Gasteiger partial charge in [0.15, 0.2) is 0 Å². The van der Waals surface area contributed by atoms with Crippen molar-refractivity contribution < 1.29 is 4.79 Å². The second-order valence-electron chi connectivity index (χ2n) is 3.88. The molecule has 0 spiro atoms. The third-order valence-corrected chi connectivity index (χ3v) is 2.36. The van der Waals surface area contributed by atoms with Crippen molar-refractivity contribution in [1.82, 2.24) is 0 Å². The number of nitrogens with zero attached hydrogens (tertiary/aromatic N) is 1. The molecule has 0 aromatic rings. The lowest BCUT2D eigenvalue weighted by molar-refractivity contribution is 0.208. The van der Waals surface area contributed by atoms with Crippen LogP contribution in [0.15, 0.2) is 4.99 Å². The maximum Gasteiger partial charge on any atom is 0.235 e. The van der Waals surface area contributed by atoms with Crippen LogP contribution in [0.4, 0.5) is 0 Å². The van der Waals surface area contributed by atoms with Crippen molar-refractivity contribution in [3.8, 4) is 0 Å².